The molecule has 0 bridgehead atoms. The predicted octanol–water partition coefficient (Wildman–Crippen LogP) is 4.28. The van der Waals surface area contributed by atoms with Crippen molar-refractivity contribution in [2.75, 3.05) is 48.8 Å². The van der Waals surface area contributed by atoms with Gasteiger partial charge in [-0.05, 0) is 68.1 Å². The fourth-order valence-electron chi connectivity index (χ4n) is 3.72. The van der Waals surface area contributed by atoms with E-state index < -0.39 is 0 Å². The van der Waals surface area contributed by atoms with Gasteiger partial charge in [0.2, 0.25) is 0 Å². The number of aromatic nitrogens is 1. The zero-order chi connectivity index (χ0) is 21.8. The van der Waals surface area contributed by atoms with Crippen molar-refractivity contribution < 1.29 is 9.18 Å². The normalized spacial score (nSPS) is 14.4. The number of amides is 1. The van der Waals surface area contributed by atoms with Gasteiger partial charge in [0.25, 0.3) is 5.91 Å². The van der Waals surface area contributed by atoms with Crippen molar-refractivity contribution in [2.24, 2.45) is 0 Å². The number of carbonyl (C=O) groups excluding carboxylic acids is 1. The lowest BCUT2D eigenvalue weighted by atomic mass is 10.1. The van der Waals surface area contributed by atoms with Crippen molar-refractivity contribution in [1.29, 1.82) is 0 Å². The molecule has 3 aromatic rings. The molecular formula is C24H26FN5O. The highest BCUT2D eigenvalue weighted by atomic mass is 19.1. The van der Waals surface area contributed by atoms with Gasteiger partial charge in [0.1, 0.15) is 11.6 Å². The summed E-state index contributed by atoms with van der Waals surface area (Å²) in [5.74, 6) is -0.266. The molecule has 0 unspecified atom stereocenters. The van der Waals surface area contributed by atoms with E-state index in [4.69, 9.17) is 0 Å². The van der Waals surface area contributed by atoms with Crippen LogP contribution in [0.15, 0.2) is 60.8 Å². The minimum absolute atomic E-state index is 0.279. The van der Waals surface area contributed by atoms with Gasteiger partial charge in [-0.2, -0.15) is 0 Å². The van der Waals surface area contributed by atoms with Gasteiger partial charge in [-0.15, -0.1) is 0 Å². The number of halogens is 1. The van der Waals surface area contributed by atoms with Gasteiger partial charge >= 0.3 is 0 Å². The average molecular weight is 420 g/mol. The van der Waals surface area contributed by atoms with Gasteiger partial charge in [-0.3, -0.25) is 4.79 Å². The summed E-state index contributed by atoms with van der Waals surface area (Å²) in [4.78, 5) is 21.9. The Bertz CT molecular complexity index is 1080. The van der Waals surface area contributed by atoms with Crippen LogP contribution in [-0.4, -0.2) is 49.0 Å². The molecule has 2 heterocycles. The number of nitrogens with zero attached hydrogens (tertiary/aromatic N) is 3. The fraction of sp³-hybridized carbons (Fsp3) is 0.250. The number of rotatable bonds is 5. The largest absolute Gasteiger partial charge is 0.369 e. The summed E-state index contributed by atoms with van der Waals surface area (Å²) in [6.07, 6.45) is 1.59. The molecule has 1 saturated heterocycles. The van der Waals surface area contributed by atoms with Crippen LogP contribution in [-0.2, 0) is 0 Å². The second kappa shape index (κ2) is 9.14. The molecule has 0 radical (unpaired) electrons. The summed E-state index contributed by atoms with van der Waals surface area (Å²) < 4.78 is 13.5. The van der Waals surface area contributed by atoms with E-state index in [0.717, 1.165) is 37.4 Å². The number of hydrogen-bond acceptors (Lipinski definition) is 5. The van der Waals surface area contributed by atoms with Crippen molar-refractivity contribution in [2.45, 2.75) is 6.92 Å². The molecular weight excluding hydrogens is 393 g/mol. The third-order valence-electron chi connectivity index (χ3n) is 5.44. The van der Waals surface area contributed by atoms with E-state index in [1.54, 1.807) is 30.5 Å². The molecule has 0 atom stereocenters. The zero-order valence-electron chi connectivity index (χ0n) is 17.7. The van der Waals surface area contributed by atoms with Crippen LogP contribution in [0.1, 0.15) is 15.9 Å². The van der Waals surface area contributed by atoms with Crippen LogP contribution < -0.4 is 15.5 Å². The minimum Gasteiger partial charge on any atom is -0.369 e. The molecule has 1 aliphatic heterocycles. The first-order valence-corrected chi connectivity index (χ1v) is 10.3. The molecule has 1 amide bonds. The minimum atomic E-state index is -0.358. The standard InChI is InChI=1S/C24H26FN5O/c1-17-15-20(8-9-22(17)30-13-11-29(2)12-14-30)28-24(31)21-7-4-10-26-23(21)27-19-6-3-5-18(25)16-19/h3-10,15-16H,11-14H2,1-2H3,(H,26,27)(H,28,31). The van der Waals surface area contributed by atoms with E-state index in [-0.39, 0.29) is 11.7 Å². The smallest absolute Gasteiger partial charge is 0.259 e. The first-order chi connectivity index (χ1) is 15.0. The van der Waals surface area contributed by atoms with Gasteiger partial charge in [0, 0.05) is 49.4 Å². The maximum Gasteiger partial charge on any atom is 0.259 e. The molecule has 6 nitrogen and oxygen atoms in total. The summed E-state index contributed by atoms with van der Waals surface area (Å²) in [6, 6.07) is 15.4. The molecule has 4 rings (SSSR count). The molecule has 2 aromatic carbocycles. The van der Waals surface area contributed by atoms with E-state index in [1.807, 2.05) is 12.1 Å². The van der Waals surface area contributed by atoms with Crippen LogP contribution >= 0.6 is 0 Å². The number of piperazine rings is 1. The van der Waals surface area contributed by atoms with E-state index in [1.165, 1.54) is 17.8 Å². The van der Waals surface area contributed by atoms with Crippen LogP contribution in [0.5, 0.6) is 0 Å². The number of hydrogen-bond donors (Lipinski definition) is 2. The number of likely N-dealkylation sites (N-methyl/N-ethyl adjacent to an activating group) is 1. The van der Waals surface area contributed by atoms with Crippen molar-refractivity contribution in [3.8, 4) is 0 Å². The Morgan fingerprint density at radius 1 is 1.00 bits per heavy atom. The number of pyridine rings is 1. The molecule has 1 fully saturated rings. The van der Waals surface area contributed by atoms with Crippen LogP contribution in [0.2, 0.25) is 0 Å². The third kappa shape index (κ3) is 5.00. The molecule has 7 heteroatoms. The Morgan fingerprint density at radius 3 is 2.55 bits per heavy atom. The van der Waals surface area contributed by atoms with Crippen molar-refractivity contribution in [3.05, 3.63) is 77.7 Å². The highest BCUT2D eigenvalue weighted by Gasteiger charge is 2.17. The van der Waals surface area contributed by atoms with Crippen molar-refractivity contribution in [3.63, 3.8) is 0 Å². The van der Waals surface area contributed by atoms with Crippen LogP contribution in [0.25, 0.3) is 0 Å². The van der Waals surface area contributed by atoms with Crippen LogP contribution in [0.4, 0.5) is 27.3 Å². The lowest BCUT2D eigenvalue weighted by Crippen LogP contribution is -2.44. The molecule has 0 saturated carbocycles. The van der Waals surface area contributed by atoms with Gasteiger partial charge < -0.3 is 20.4 Å². The number of benzene rings is 2. The lowest BCUT2D eigenvalue weighted by Gasteiger charge is -2.35. The summed E-state index contributed by atoms with van der Waals surface area (Å²) >= 11 is 0. The number of nitrogens with one attached hydrogen (secondary N) is 2. The summed E-state index contributed by atoms with van der Waals surface area (Å²) in [5.41, 5.74) is 3.95. The monoisotopic (exact) mass is 419 g/mol. The Hall–Kier alpha value is -3.45. The number of aryl methyl sites for hydroxylation is 1. The fourth-order valence-corrected chi connectivity index (χ4v) is 3.72. The Labute approximate surface area is 181 Å². The van der Waals surface area contributed by atoms with E-state index in [0.29, 0.717) is 17.1 Å². The number of anilines is 4. The topological polar surface area (TPSA) is 60.5 Å². The Kier molecular flexibility index (Phi) is 6.13. The SMILES string of the molecule is Cc1cc(NC(=O)c2cccnc2Nc2cccc(F)c2)ccc1N1CCN(C)CC1. The van der Waals surface area contributed by atoms with E-state index in [9.17, 15) is 9.18 Å². The Balaban J connectivity index is 1.49. The summed E-state index contributed by atoms with van der Waals surface area (Å²) in [7, 11) is 2.14. The summed E-state index contributed by atoms with van der Waals surface area (Å²) in [6.45, 7) is 6.13. The van der Waals surface area contributed by atoms with Crippen LogP contribution in [0, 0.1) is 12.7 Å². The van der Waals surface area contributed by atoms with Crippen molar-refractivity contribution >= 4 is 28.8 Å². The van der Waals surface area contributed by atoms with Gasteiger partial charge in [-0.1, -0.05) is 6.07 Å². The zero-order valence-corrected chi connectivity index (χ0v) is 17.7. The molecule has 0 spiro atoms. The highest BCUT2D eigenvalue weighted by molar-refractivity contribution is 6.07. The predicted molar refractivity (Wildman–Crippen MR) is 123 cm³/mol. The van der Waals surface area contributed by atoms with E-state index >= 15 is 0 Å². The average Bonchev–Trinajstić information content (AvgIpc) is 2.75. The second-order valence-electron chi connectivity index (χ2n) is 7.78. The molecule has 31 heavy (non-hydrogen) atoms. The van der Waals surface area contributed by atoms with Crippen molar-refractivity contribution in [1.82, 2.24) is 9.88 Å². The molecule has 1 aromatic heterocycles. The number of carbonyl (C=O) groups is 1. The third-order valence-corrected chi connectivity index (χ3v) is 5.44. The first kappa shape index (κ1) is 20.8. The molecule has 2 N–H and O–H groups in total. The first-order valence-electron chi connectivity index (χ1n) is 10.3. The maximum atomic E-state index is 13.5. The van der Waals surface area contributed by atoms with Crippen LogP contribution in [0.3, 0.4) is 0 Å². The molecule has 1 aliphatic rings. The molecule has 160 valence electrons. The van der Waals surface area contributed by atoms with Gasteiger partial charge in [0.15, 0.2) is 0 Å². The van der Waals surface area contributed by atoms with Gasteiger partial charge in [0.05, 0.1) is 5.56 Å². The second-order valence-corrected chi connectivity index (χ2v) is 7.78. The quantitative estimate of drug-likeness (QED) is 0.647. The summed E-state index contributed by atoms with van der Waals surface area (Å²) in [5, 5.41) is 5.98. The van der Waals surface area contributed by atoms with Gasteiger partial charge in [-0.25, -0.2) is 9.37 Å². The maximum absolute atomic E-state index is 13.5. The lowest BCUT2D eigenvalue weighted by molar-refractivity contribution is 0.102. The highest BCUT2D eigenvalue weighted by Crippen LogP contribution is 2.26. The molecule has 0 aliphatic carbocycles. The Morgan fingerprint density at radius 2 is 1.81 bits per heavy atom. The van der Waals surface area contributed by atoms with E-state index in [2.05, 4.69) is 45.5 Å².